The number of hydrogen-bond acceptors (Lipinski definition) is 6. The van der Waals surface area contributed by atoms with Crippen molar-refractivity contribution in [2.45, 2.75) is 37.4 Å². The summed E-state index contributed by atoms with van der Waals surface area (Å²) >= 11 is 0. The Morgan fingerprint density at radius 2 is 1.39 bits per heavy atom. The summed E-state index contributed by atoms with van der Waals surface area (Å²) < 4.78 is 0. The van der Waals surface area contributed by atoms with Crippen molar-refractivity contribution in [2.24, 2.45) is 29.2 Å². The summed E-state index contributed by atoms with van der Waals surface area (Å²) in [6.45, 7) is 0.481. The average molecular weight is 386 g/mol. The summed E-state index contributed by atoms with van der Waals surface area (Å²) in [6, 6.07) is 0.742. The number of nitrogens with one attached hydrogen (secondary N) is 1. The van der Waals surface area contributed by atoms with E-state index < -0.39 is 0 Å². The zero-order valence-electron chi connectivity index (χ0n) is 17.9. The second-order valence-corrected chi connectivity index (χ2v) is 6.80. The van der Waals surface area contributed by atoms with Crippen molar-refractivity contribution in [1.82, 2.24) is 5.32 Å². The molecule has 3 radical (unpaired) electrons. The number of aliphatic hydroxyl groups excluding tert-OH is 3. The normalized spacial score (nSPS) is 32.6. The SMILES string of the molecule is CO.NC1C=CC(CO)C1.N[C@H]1C=C[C@@H](CO)C1.O=C1NC2C=CC1C2.[B].[H-].[Li+]. The second-order valence-electron chi connectivity index (χ2n) is 6.80. The molecule has 4 rings (SSSR count). The Labute approximate surface area is 183 Å². The van der Waals surface area contributed by atoms with Crippen LogP contribution in [-0.2, 0) is 4.79 Å². The molecule has 0 saturated carbocycles. The summed E-state index contributed by atoms with van der Waals surface area (Å²) in [4.78, 5) is 10.7. The molecule has 9 heteroatoms. The monoisotopic (exact) mass is 386 g/mol. The smallest absolute Gasteiger partial charge is 1.00 e. The maximum Gasteiger partial charge on any atom is 1.00 e. The molecule has 1 aliphatic heterocycles. The molecule has 0 aromatic carbocycles. The molecule has 0 aromatic rings. The van der Waals surface area contributed by atoms with Crippen LogP contribution in [0.4, 0.5) is 0 Å². The van der Waals surface area contributed by atoms with Crippen molar-refractivity contribution < 1.29 is 40.4 Å². The standard InChI is InChI=1S/C6H7NO.2C6H11NO.CH4O.B.Li.H/c8-6-4-1-2-5(3-4)7-6;2*7-6-2-1-5(3-6)4-8;1-2;;;/h1-2,4-5H,3H2,(H,7,8);2*1-2,5-6,8H,3-4,7H2;2H,1H3;;;/q;;;;;+1;-1/t;5-,6+;;;;;/m.1...../s1. The fraction of sp³-hybridized carbons (Fsp3) is 0.632. The van der Waals surface area contributed by atoms with Crippen molar-refractivity contribution in [2.75, 3.05) is 20.3 Å². The van der Waals surface area contributed by atoms with Crippen LogP contribution in [0.5, 0.6) is 0 Å². The Morgan fingerprint density at radius 3 is 1.54 bits per heavy atom. The third kappa shape index (κ3) is 10.1. The fourth-order valence-electron chi connectivity index (χ4n) is 3.17. The van der Waals surface area contributed by atoms with Crippen LogP contribution < -0.4 is 35.6 Å². The van der Waals surface area contributed by atoms with Crippen LogP contribution in [0, 0.1) is 17.8 Å². The second kappa shape index (κ2) is 16.0. The Bertz CT molecular complexity index is 500. The molecule has 4 unspecified atom stereocenters. The van der Waals surface area contributed by atoms with Gasteiger partial charge in [0.25, 0.3) is 0 Å². The average Bonchev–Trinajstić information content (AvgIpc) is 3.43. The largest absolute Gasteiger partial charge is 1.00 e. The predicted octanol–water partition coefficient (Wildman–Crippen LogP) is -3.83. The fourth-order valence-corrected chi connectivity index (χ4v) is 3.17. The van der Waals surface area contributed by atoms with Gasteiger partial charge < -0.3 is 33.5 Å². The first-order chi connectivity index (χ1) is 12.5. The molecule has 1 amide bonds. The molecule has 153 valence electrons. The van der Waals surface area contributed by atoms with Crippen LogP contribution in [0.2, 0.25) is 0 Å². The van der Waals surface area contributed by atoms with E-state index in [1.54, 1.807) is 0 Å². The quantitative estimate of drug-likeness (QED) is 0.212. The van der Waals surface area contributed by atoms with Gasteiger partial charge in [0.2, 0.25) is 5.91 Å². The molecule has 28 heavy (non-hydrogen) atoms. The van der Waals surface area contributed by atoms with E-state index in [9.17, 15) is 4.79 Å². The summed E-state index contributed by atoms with van der Waals surface area (Å²) in [5.74, 6) is 1.06. The van der Waals surface area contributed by atoms with Crippen LogP contribution >= 0.6 is 0 Å². The maximum absolute atomic E-state index is 10.7. The minimum Gasteiger partial charge on any atom is -1.00 e. The Morgan fingerprint density at radius 1 is 0.929 bits per heavy atom. The first-order valence-electron chi connectivity index (χ1n) is 9.04. The Kier molecular flexibility index (Phi) is 16.8. The third-order valence-electron chi connectivity index (χ3n) is 4.63. The molecular formula is C19H34BLiN3O4. The van der Waals surface area contributed by atoms with Gasteiger partial charge in [-0.15, -0.1) is 0 Å². The van der Waals surface area contributed by atoms with E-state index in [0.717, 1.165) is 26.4 Å². The number of rotatable bonds is 2. The Hall–Kier alpha value is -0.848. The molecule has 0 spiro atoms. The van der Waals surface area contributed by atoms with Gasteiger partial charge in [-0.1, -0.05) is 36.5 Å². The molecule has 3 aliphatic carbocycles. The first kappa shape index (κ1) is 29.4. The zero-order valence-corrected chi connectivity index (χ0v) is 16.9. The Balaban J connectivity index is -0.000000319. The summed E-state index contributed by atoms with van der Waals surface area (Å²) in [5, 5.41) is 27.0. The van der Waals surface area contributed by atoms with Gasteiger partial charge in [0.1, 0.15) is 0 Å². The van der Waals surface area contributed by atoms with Gasteiger partial charge in [0.05, 0.1) is 5.92 Å². The number of carbonyl (C=O) groups is 1. The van der Waals surface area contributed by atoms with Gasteiger partial charge in [-0.25, -0.2) is 0 Å². The van der Waals surface area contributed by atoms with Crippen molar-refractivity contribution >= 4 is 14.3 Å². The molecular weight excluding hydrogens is 352 g/mol. The van der Waals surface area contributed by atoms with Gasteiger partial charge in [-0.2, -0.15) is 0 Å². The first-order valence-corrected chi connectivity index (χ1v) is 9.04. The van der Waals surface area contributed by atoms with Crippen molar-refractivity contribution in [3.05, 3.63) is 36.5 Å². The van der Waals surface area contributed by atoms with Gasteiger partial charge in [-0.05, 0) is 19.3 Å². The number of fused-ring (bicyclic) bond motifs is 2. The summed E-state index contributed by atoms with van der Waals surface area (Å²) in [5.41, 5.74) is 11.0. The molecule has 1 saturated heterocycles. The molecule has 2 bridgehead atoms. The number of amides is 1. The van der Waals surface area contributed by atoms with E-state index in [2.05, 4.69) is 11.4 Å². The van der Waals surface area contributed by atoms with Crippen LogP contribution in [0.15, 0.2) is 36.5 Å². The van der Waals surface area contributed by atoms with Crippen molar-refractivity contribution in [1.29, 1.82) is 0 Å². The molecule has 7 nitrogen and oxygen atoms in total. The minimum absolute atomic E-state index is 0. The predicted molar refractivity (Wildman–Crippen MR) is 109 cm³/mol. The third-order valence-corrected chi connectivity index (χ3v) is 4.63. The summed E-state index contributed by atoms with van der Waals surface area (Å²) in [6.07, 6.45) is 14.7. The van der Waals surface area contributed by atoms with E-state index in [-0.39, 0.29) is 65.8 Å². The van der Waals surface area contributed by atoms with E-state index in [0.29, 0.717) is 17.9 Å². The van der Waals surface area contributed by atoms with E-state index in [1.807, 2.05) is 30.4 Å². The van der Waals surface area contributed by atoms with Crippen LogP contribution in [0.3, 0.4) is 0 Å². The van der Waals surface area contributed by atoms with E-state index in [4.69, 9.17) is 26.8 Å². The maximum atomic E-state index is 10.7. The molecule has 1 heterocycles. The zero-order chi connectivity index (χ0) is 19.5. The van der Waals surface area contributed by atoms with Crippen molar-refractivity contribution in [3.8, 4) is 0 Å². The van der Waals surface area contributed by atoms with Gasteiger partial charge in [0, 0.05) is 58.7 Å². The topological polar surface area (TPSA) is 142 Å². The molecule has 1 fully saturated rings. The number of aliphatic hydroxyl groups is 3. The van der Waals surface area contributed by atoms with Gasteiger partial charge in [-0.3, -0.25) is 4.79 Å². The van der Waals surface area contributed by atoms with Gasteiger partial charge in [0.15, 0.2) is 0 Å². The minimum atomic E-state index is 0. The number of nitrogens with two attached hydrogens (primary N) is 2. The van der Waals surface area contributed by atoms with Crippen molar-refractivity contribution in [3.63, 3.8) is 0 Å². The van der Waals surface area contributed by atoms with E-state index >= 15 is 0 Å². The van der Waals surface area contributed by atoms with Crippen LogP contribution in [0.25, 0.3) is 0 Å². The van der Waals surface area contributed by atoms with Crippen LogP contribution in [0.1, 0.15) is 20.7 Å². The molecule has 6 atom stereocenters. The number of carbonyl (C=O) groups excluding carboxylic acids is 1. The van der Waals surface area contributed by atoms with Gasteiger partial charge >= 0.3 is 18.9 Å². The summed E-state index contributed by atoms with van der Waals surface area (Å²) in [7, 11) is 1.00. The number of hydrogen-bond donors (Lipinski definition) is 6. The molecule has 4 aliphatic rings. The van der Waals surface area contributed by atoms with E-state index in [1.165, 1.54) is 0 Å². The molecule has 8 N–H and O–H groups in total. The molecule has 0 aromatic heterocycles. The van der Waals surface area contributed by atoms with Crippen LogP contribution in [-0.4, -0.2) is 68.1 Å².